The van der Waals surface area contributed by atoms with Crippen LogP contribution in [0.15, 0.2) is 77.3 Å². The number of hydrogen-bond acceptors (Lipinski definition) is 5. The van der Waals surface area contributed by atoms with Crippen molar-refractivity contribution in [1.29, 1.82) is 0 Å². The number of hydrogen-bond donors (Lipinski definition) is 1. The van der Waals surface area contributed by atoms with Crippen LogP contribution in [0.3, 0.4) is 0 Å². The number of piperidine rings is 1. The molecule has 1 aliphatic rings. The second kappa shape index (κ2) is 10.8. The molecule has 0 radical (unpaired) electrons. The first-order valence-corrected chi connectivity index (χ1v) is 12.8. The molecule has 9 heteroatoms. The van der Waals surface area contributed by atoms with Crippen molar-refractivity contribution in [3.05, 3.63) is 107 Å². The molecule has 1 N–H and O–H groups in total. The van der Waals surface area contributed by atoms with Gasteiger partial charge in [-0.3, -0.25) is 9.59 Å². The third kappa shape index (κ3) is 5.43. The molecule has 39 heavy (non-hydrogen) atoms. The van der Waals surface area contributed by atoms with Crippen molar-refractivity contribution in [1.82, 2.24) is 20.4 Å². The Labute approximate surface area is 224 Å². The molecule has 3 aromatic carbocycles. The molecule has 1 aromatic heterocycles. The van der Waals surface area contributed by atoms with E-state index in [9.17, 15) is 18.4 Å². The highest BCUT2D eigenvalue weighted by atomic mass is 19.1. The number of aryl methyl sites for hydroxylation is 1. The van der Waals surface area contributed by atoms with Crippen molar-refractivity contribution in [2.24, 2.45) is 0 Å². The summed E-state index contributed by atoms with van der Waals surface area (Å²) < 4.78 is 32.7. The lowest BCUT2D eigenvalue weighted by atomic mass is 9.71. The maximum atomic E-state index is 13.8. The van der Waals surface area contributed by atoms with E-state index in [4.69, 9.17) is 4.52 Å². The Morgan fingerprint density at radius 1 is 0.974 bits per heavy atom. The van der Waals surface area contributed by atoms with Crippen molar-refractivity contribution in [3.8, 4) is 11.5 Å². The maximum absolute atomic E-state index is 13.8. The van der Waals surface area contributed by atoms with Crippen LogP contribution in [0, 0.1) is 18.6 Å². The first-order chi connectivity index (χ1) is 18.7. The minimum absolute atomic E-state index is 0.149. The lowest BCUT2D eigenvalue weighted by Crippen LogP contribution is -2.53. The number of benzene rings is 3. The lowest BCUT2D eigenvalue weighted by molar-refractivity contribution is -0.129. The summed E-state index contributed by atoms with van der Waals surface area (Å²) in [6.45, 7) is 4.20. The Morgan fingerprint density at radius 3 is 2.28 bits per heavy atom. The standard InChI is InChI=1S/C30H28F2N4O3/c1-19(23-4-3-5-26(32)18-23)33-29(38)30(24-10-12-25(31)13-11-24)14-16-36(17-15-30)28(37)22-8-6-21(7-9-22)27-34-20(2)35-39-27/h3-13,18-19H,14-17H2,1-2H3,(H,33,38)/t19-/m0/s1. The number of carbonyl (C=O) groups excluding carboxylic acids is 2. The Bertz CT molecular complexity index is 1480. The molecular formula is C30H28F2N4O3. The molecule has 200 valence electrons. The normalized spacial score (nSPS) is 15.5. The summed E-state index contributed by atoms with van der Waals surface area (Å²) >= 11 is 0. The van der Waals surface area contributed by atoms with E-state index in [2.05, 4.69) is 15.5 Å². The SMILES string of the molecule is Cc1noc(-c2ccc(C(=O)N3CCC(C(=O)N[C@@H](C)c4cccc(F)c4)(c4ccc(F)cc4)CC3)cc2)n1. The van der Waals surface area contributed by atoms with Crippen molar-refractivity contribution >= 4 is 11.8 Å². The van der Waals surface area contributed by atoms with E-state index in [-0.39, 0.29) is 17.6 Å². The van der Waals surface area contributed by atoms with Crippen molar-refractivity contribution in [3.63, 3.8) is 0 Å². The number of nitrogens with one attached hydrogen (secondary N) is 1. The van der Waals surface area contributed by atoms with Gasteiger partial charge < -0.3 is 14.7 Å². The number of amides is 2. The molecule has 0 unspecified atom stereocenters. The molecule has 1 aliphatic heterocycles. The Kier molecular flexibility index (Phi) is 7.24. The van der Waals surface area contributed by atoms with Gasteiger partial charge in [-0.2, -0.15) is 4.98 Å². The molecule has 7 nitrogen and oxygen atoms in total. The summed E-state index contributed by atoms with van der Waals surface area (Å²) in [5, 5.41) is 6.81. The summed E-state index contributed by atoms with van der Waals surface area (Å²) in [5.74, 6) is -0.255. The van der Waals surface area contributed by atoms with Crippen molar-refractivity contribution in [2.75, 3.05) is 13.1 Å². The smallest absolute Gasteiger partial charge is 0.257 e. The van der Waals surface area contributed by atoms with Crippen LogP contribution in [0.4, 0.5) is 8.78 Å². The van der Waals surface area contributed by atoms with Crippen LogP contribution in [-0.2, 0) is 10.2 Å². The zero-order valence-corrected chi connectivity index (χ0v) is 21.7. The molecule has 2 heterocycles. The van der Waals surface area contributed by atoms with Crippen LogP contribution in [0.25, 0.3) is 11.5 Å². The molecule has 1 fully saturated rings. The van der Waals surface area contributed by atoms with Gasteiger partial charge in [0, 0.05) is 24.2 Å². The zero-order chi connectivity index (χ0) is 27.6. The highest BCUT2D eigenvalue weighted by Crippen LogP contribution is 2.37. The topological polar surface area (TPSA) is 88.3 Å². The van der Waals surface area contributed by atoms with Gasteiger partial charge >= 0.3 is 0 Å². The molecule has 2 amide bonds. The van der Waals surface area contributed by atoms with Crippen LogP contribution >= 0.6 is 0 Å². The van der Waals surface area contributed by atoms with E-state index < -0.39 is 17.3 Å². The van der Waals surface area contributed by atoms with Gasteiger partial charge in [0.15, 0.2) is 5.82 Å². The second-order valence-electron chi connectivity index (χ2n) is 9.86. The molecule has 0 saturated carbocycles. The van der Waals surface area contributed by atoms with E-state index in [1.165, 1.54) is 24.3 Å². The minimum Gasteiger partial charge on any atom is -0.349 e. The molecule has 0 aliphatic carbocycles. The van der Waals surface area contributed by atoms with Gasteiger partial charge in [-0.15, -0.1) is 0 Å². The van der Waals surface area contributed by atoms with Crippen LogP contribution in [0.2, 0.25) is 0 Å². The molecular weight excluding hydrogens is 502 g/mol. The Morgan fingerprint density at radius 2 is 1.67 bits per heavy atom. The predicted octanol–water partition coefficient (Wildman–Crippen LogP) is 5.37. The summed E-state index contributed by atoms with van der Waals surface area (Å²) in [5.41, 5.74) is 1.58. The summed E-state index contributed by atoms with van der Waals surface area (Å²) in [6, 6.07) is 18.5. The average Bonchev–Trinajstić information content (AvgIpc) is 3.39. The fourth-order valence-electron chi connectivity index (χ4n) is 5.05. The number of rotatable bonds is 6. The quantitative estimate of drug-likeness (QED) is 0.362. The number of aromatic nitrogens is 2. The van der Waals surface area contributed by atoms with Gasteiger partial charge in [0.2, 0.25) is 5.91 Å². The van der Waals surface area contributed by atoms with Gasteiger partial charge in [-0.05, 0) is 86.3 Å². The van der Waals surface area contributed by atoms with Crippen LogP contribution in [-0.4, -0.2) is 39.9 Å². The number of likely N-dealkylation sites (tertiary alicyclic amines) is 1. The third-order valence-corrected chi connectivity index (χ3v) is 7.34. The van der Waals surface area contributed by atoms with Crippen LogP contribution in [0.1, 0.15) is 53.1 Å². The first kappa shape index (κ1) is 26.2. The molecule has 1 atom stereocenters. The van der Waals surface area contributed by atoms with E-state index in [0.717, 1.165) is 0 Å². The molecule has 1 saturated heterocycles. The lowest BCUT2D eigenvalue weighted by Gasteiger charge is -2.41. The number of carbonyl (C=O) groups is 2. The van der Waals surface area contributed by atoms with Crippen LogP contribution in [0.5, 0.6) is 0 Å². The van der Waals surface area contributed by atoms with E-state index >= 15 is 0 Å². The summed E-state index contributed by atoms with van der Waals surface area (Å²) in [4.78, 5) is 33.0. The fraction of sp³-hybridized carbons (Fsp3) is 0.267. The molecule has 0 bridgehead atoms. The average molecular weight is 531 g/mol. The molecule has 4 aromatic rings. The van der Waals surface area contributed by atoms with E-state index in [1.807, 2.05) is 0 Å². The second-order valence-corrected chi connectivity index (χ2v) is 9.86. The fourth-order valence-corrected chi connectivity index (χ4v) is 5.05. The summed E-state index contributed by atoms with van der Waals surface area (Å²) in [7, 11) is 0. The number of halogens is 2. The first-order valence-electron chi connectivity index (χ1n) is 12.8. The summed E-state index contributed by atoms with van der Waals surface area (Å²) in [6.07, 6.45) is 0.705. The van der Waals surface area contributed by atoms with E-state index in [0.29, 0.717) is 59.9 Å². The van der Waals surface area contributed by atoms with Gasteiger partial charge in [0.1, 0.15) is 11.6 Å². The van der Waals surface area contributed by atoms with Gasteiger partial charge in [-0.1, -0.05) is 29.4 Å². The van der Waals surface area contributed by atoms with Crippen molar-refractivity contribution in [2.45, 2.75) is 38.1 Å². The van der Waals surface area contributed by atoms with E-state index in [1.54, 1.807) is 67.3 Å². The van der Waals surface area contributed by atoms with Crippen LogP contribution < -0.4 is 5.32 Å². The minimum atomic E-state index is -0.967. The Balaban J connectivity index is 1.33. The Hall–Kier alpha value is -4.40. The third-order valence-electron chi connectivity index (χ3n) is 7.34. The largest absolute Gasteiger partial charge is 0.349 e. The number of nitrogens with zero attached hydrogens (tertiary/aromatic N) is 3. The monoisotopic (exact) mass is 530 g/mol. The molecule has 0 spiro atoms. The van der Waals surface area contributed by atoms with Crippen molar-refractivity contribution < 1.29 is 22.9 Å². The van der Waals surface area contributed by atoms with Gasteiger partial charge in [0.05, 0.1) is 11.5 Å². The predicted molar refractivity (Wildman–Crippen MR) is 141 cm³/mol. The highest BCUT2D eigenvalue weighted by Gasteiger charge is 2.44. The molecule has 5 rings (SSSR count). The maximum Gasteiger partial charge on any atom is 0.257 e. The zero-order valence-electron chi connectivity index (χ0n) is 21.7. The van der Waals surface area contributed by atoms with Gasteiger partial charge in [0.25, 0.3) is 11.8 Å². The highest BCUT2D eigenvalue weighted by molar-refractivity contribution is 5.95. The van der Waals surface area contributed by atoms with Gasteiger partial charge in [-0.25, -0.2) is 8.78 Å².